The van der Waals surface area contributed by atoms with Gasteiger partial charge in [0.05, 0.1) is 0 Å². The van der Waals surface area contributed by atoms with Crippen LogP contribution in [0.2, 0.25) is 0 Å². The molecule has 0 saturated carbocycles. The van der Waals surface area contributed by atoms with Crippen molar-refractivity contribution >= 4 is 17.9 Å². The maximum absolute atomic E-state index is 10.3. The minimum absolute atomic E-state index is 0.0579. The Morgan fingerprint density at radius 1 is 0.952 bits per heavy atom. The number of carbonyl (C=O) groups is 2. The van der Waals surface area contributed by atoms with E-state index in [-0.39, 0.29) is 5.96 Å². The molecule has 10 heteroatoms. The normalized spacial score (nSPS) is 12.5. The Morgan fingerprint density at radius 2 is 1.43 bits per heavy atom. The molecule has 0 aliphatic heterocycles. The van der Waals surface area contributed by atoms with E-state index >= 15 is 0 Å². The standard InChI is InChI=1S/C7H16N4O2.C4H10N2O2/c8-5(6(12)13)3-1-2-4-11-7(9)10;5-2-1-3(6)4(7)8/h5H,1-4,8H2,(H,12,13)(H4,9,10,11);3H,1-2,5-6H2,(H,7,8)/t5-;/m0./s1. The minimum Gasteiger partial charge on any atom is -0.480 e. The fraction of sp³-hybridized carbons (Fsp3) is 0.727. The molecule has 0 rings (SSSR count). The van der Waals surface area contributed by atoms with Crippen molar-refractivity contribution in [2.45, 2.75) is 37.8 Å². The highest BCUT2D eigenvalue weighted by atomic mass is 16.4. The molecule has 0 radical (unpaired) electrons. The van der Waals surface area contributed by atoms with E-state index in [9.17, 15) is 9.59 Å². The van der Waals surface area contributed by atoms with Crippen LogP contribution in [0.5, 0.6) is 0 Å². The second-order valence-corrected chi connectivity index (χ2v) is 4.27. The van der Waals surface area contributed by atoms with Crippen LogP contribution < -0.4 is 28.7 Å². The molecular formula is C11H26N6O4. The highest BCUT2D eigenvalue weighted by Gasteiger charge is 2.09. The van der Waals surface area contributed by atoms with Gasteiger partial charge in [0.2, 0.25) is 0 Å². The largest absolute Gasteiger partial charge is 0.480 e. The van der Waals surface area contributed by atoms with E-state index < -0.39 is 24.0 Å². The first kappa shape index (κ1) is 21.4. The summed E-state index contributed by atoms with van der Waals surface area (Å²) in [7, 11) is 0. The van der Waals surface area contributed by atoms with Crippen LogP contribution in [-0.2, 0) is 9.59 Å². The predicted octanol–water partition coefficient (Wildman–Crippen LogP) is -2.41. The third-order valence-corrected chi connectivity index (χ3v) is 2.33. The van der Waals surface area contributed by atoms with Crippen molar-refractivity contribution in [3.63, 3.8) is 0 Å². The average Bonchev–Trinajstić information content (AvgIpc) is 2.38. The van der Waals surface area contributed by atoms with Gasteiger partial charge in [0.15, 0.2) is 5.96 Å². The van der Waals surface area contributed by atoms with Gasteiger partial charge in [0.25, 0.3) is 0 Å². The Labute approximate surface area is 123 Å². The molecule has 0 saturated heterocycles. The van der Waals surface area contributed by atoms with Gasteiger partial charge in [0.1, 0.15) is 12.1 Å². The molecule has 0 aliphatic rings. The van der Waals surface area contributed by atoms with Crippen LogP contribution in [0.1, 0.15) is 25.7 Å². The van der Waals surface area contributed by atoms with E-state index in [1.165, 1.54) is 0 Å². The summed E-state index contributed by atoms with van der Waals surface area (Å²) < 4.78 is 0. The number of carboxylic acid groups (broad SMARTS) is 2. The lowest BCUT2D eigenvalue weighted by Crippen LogP contribution is -2.32. The zero-order valence-corrected chi connectivity index (χ0v) is 11.9. The number of hydrogen-bond acceptors (Lipinski definition) is 6. The van der Waals surface area contributed by atoms with Crippen molar-refractivity contribution in [3.8, 4) is 0 Å². The van der Waals surface area contributed by atoms with Crippen molar-refractivity contribution in [1.29, 1.82) is 0 Å². The van der Waals surface area contributed by atoms with Crippen molar-refractivity contribution in [3.05, 3.63) is 0 Å². The second-order valence-electron chi connectivity index (χ2n) is 4.27. The Kier molecular flexibility index (Phi) is 13.3. The second kappa shape index (κ2) is 13.1. The summed E-state index contributed by atoms with van der Waals surface area (Å²) in [6.45, 7) is 0.849. The summed E-state index contributed by atoms with van der Waals surface area (Å²) in [6, 6.07) is -1.57. The molecule has 0 heterocycles. The molecule has 12 N–H and O–H groups in total. The number of guanidine groups is 1. The maximum atomic E-state index is 10.3. The predicted molar refractivity (Wildman–Crippen MR) is 79.4 cm³/mol. The summed E-state index contributed by atoms with van der Waals surface area (Å²) in [6.07, 6.45) is 2.26. The van der Waals surface area contributed by atoms with Crippen LogP contribution in [0, 0.1) is 0 Å². The van der Waals surface area contributed by atoms with Crippen LogP contribution in [0.4, 0.5) is 0 Å². The zero-order chi connectivity index (χ0) is 16.8. The molecule has 0 amide bonds. The van der Waals surface area contributed by atoms with Gasteiger partial charge in [-0.05, 0) is 32.2 Å². The Morgan fingerprint density at radius 3 is 1.76 bits per heavy atom. The molecule has 0 aromatic carbocycles. The Bertz CT molecular complexity index is 333. The van der Waals surface area contributed by atoms with Crippen LogP contribution >= 0.6 is 0 Å². The van der Waals surface area contributed by atoms with Crippen LogP contribution in [0.3, 0.4) is 0 Å². The average molecular weight is 306 g/mol. The number of aliphatic imine (C=N–C) groups is 1. The summed E-state index contributed by atoms with van der Waals surface area (Å²) in [5.74, 6) is -1.90. The molecule has 0 fully saturated rings. The first-order valence-corrected chi connectivity index (χ1v) is 6.44. The molecule has 0 aromatic rings. The van der Waals surface area contributed by atoms with Gasteiger partial charge in [-0.15, -0.1) is 0 Å². The van der Waals surface area contributed by atoms with Crippen LogP contribution in [0.25, 0.3) is 0 Å². The highest BCUT2D eigenvalue weighted by molar-refractivity contribution is 5.75. The first-order chi connectivity index (χ1) is 9.72. The lowest BCUT2D eigenvalue weighted by Gasteiger charge is -2.04. The third kappa shape index (κ3) is 16.0. The summed E-state index contributed by atoms with van der Waals surface area (Å²) >= 11 is 0. The SMILES string of the molecule is NC(N)=NCCCC[C@H](N)C(=O)O.NCCC(N)C(=O)O. The summed E-state index contributed by atoms with van der Waals surface area (Å²) in [5, 5.41) is 16.6. The van der Waals surface area contributed by atoms with Crippen molar-refractivity contribution < 1.29 is 19.8 Å². The van der Waals surface area contributed by atoms with Gasteiger partial charge in [-0.25, -0.2) is 0 Å². The first-order valence-electron chi connectivity index (χ1n) is 6.44. The molecule has 2 atom stereocenters. The number of carboxylic acids is 2. The number of nitrogens with zero attached hydrogens (tertiary/aromatic N) is 1. The molecule has 0 bridgehead atoms. The van der Waals surface area contributed by atoms with Crippen LogP contribution in [-0.4, -0.2) is 53.3 Å². The molecule has 1 unspecified atom stereocenters. The van der Waals surface area contributed by atoms with E-state index in [2.05, 4.69) is 4.99 Å². The fourth-order valence-corrected chi connectivity index (χ4v) is 1.11. The number of hydrogen-bond donors (Lipinski definition) is 7. The molecule has 21 heavy (non-hydrogen) atoms. The molecule has 0 aliphatic carbocycles. The number of aliphatic carboxylic acids is 2. The fourth-order valence-electron chi connectivity index (χ4n) is 1.11. The molecule has 124 valence electrons. The lowest BCUT2D eigenvalue weighted by molar-refractivity contribution is -0.139. The lowest BCUT2D eigenvalue weighted by atomic mass is 10.1. The Balaban J connectivity index is 0. The van der Waals surface area contributed by atoms with E-state index in [1.54, 1.807) is 0 Å². The van der Waals surface area contributed by atoms with Crippen molar-refractivity contribution in [2.24, 2.45) is 33.7 Å². The topological polar surface area (TPSA) is 217 Å². The monoisotopic (exact) mass is 306 g/mol. The number of nitrogens with two attached hydrogens (primary N) is 5. The maximum Gasteiger partial charge on any atom is 0.320 e. The quantitative estimate of drug-likeness (QED) is 0.137. The molecule has 10 nitrogen and oxygen atoms in total. The van der Waals surface area contributed by atoms with E-state index in [0.29, 0.717) is 32.4 Å². The number of unbranched alkanes of at least 4 members (excludes halogenated alkanes) is 1. The summed E-state index contributed by atoms with van der Waals surface area (Å²) in [4.78, 5) is 23.9. The zero-order valence-electron chi connectivity index (χ0n) is 11.9. The third-order valence-electron chi connectivity index (χ3n) is 2.33. The Hall–Kier alpha value is -1.91. The molecule has 0 spiro atoms. The molecule has 0 aromatic heterocycles. The minimum atomic E-state index is -0.990. The van der Waals surface area contributed by atoms with Gasteiger partial charge in [0, 0.05) is 6.54 Å². The van der Waals surface area contributed by atoms with Gasteiger partial charge in [-0.1, -0.05) is 0 Å². The van der Waals surface area contributed by atoms with Crippen molar-refractivity contribution in [2.75, 3.05) is 13.1 Å². The summed E-state index contributed by atoms with van der Waals surface area (Å²) in [5.41, 5.74) is 25.5. The van der Waals surface area contributed by atoms with Gasteiger partial charge < -0.3 is 38.9 Å². The van der Waals surface area contributed by atoms with E-state index in [1.807, 2.05) is 0 Å². The number of rotatable bonds is 9. The molecular weight excluding hydrogens is 280 g/mol. The van der Waals surface area contributed by atoms with E-state index in [4.69, 9.17) is 38.9 Å². The smallest absolute Gasteiger partial charge is 0.320 e. The van der Waals surface area contributed by atoms with Crippen LogP contribution in [0.15, 0.2) is 4.99 Å². The van der Waals surface area contributed by atoms with Gasteiger partial charge in [-0.2, -0.15) is 0 Å². The van der Waals surface area contributed by atoms with Gasteiger partial charge in [-0.3, -0.25) is 14.6 Å². The van der Waals surface area contributed by atoms with Gasteiger partial charge >= 0.3 is 11.9 Å². The van der Waals surface area contributed by atoms with E-state index in [0.717, 1.165) is 6.42 Å². The highest BCUT2D eigenvalue weighted by Crippen LogP contribution is 1.99. The van der Waals surface area contributed by atoms with Crippen molar-refractivity contribution in [1.82, 2.24) is 0 Å².